The van der Waals surface area contributed by atoms with E-state index in [0.29, 0.717) is 41.4 Å². The second-order valence-corrected chi connectivity index (χ2v) is 9.58. The van der Waals surface area contributed by atoms with Crippen molar-refractivity contribution in [3.05, 3.63) is 58.9 Å². The molecule has 0 bridgehead atoms. The van der Waals surface area contributed by atoms with E-state index in [9.17, 15) is 14.3 Å². The number of carbonyl (C=O) groups is 1. The molecule has 2 N–H and O–H groups in total. The number of amides is 1. The Morgan fingerprint density at radius 2 is 1.77 bits per heavy atom. The first-order chi connectivity index (χ1) is 16.8. The second kappa shape index (κ2) is 9.70. The molecule has 2 aromatic carbocycles. The molecule has 9 heteroatoms. The molecule has 3 atom stereocenters. The minimum absolute atomic E-state index is 0.00244. The van der Waals surface area contributed by atoms with Gasteiger partial charge in [-0.15, -0.1) is 0 Å². The van der Waals surface area contributed by atoms with Crippen LogP contribution in [-0.4, -0.2) is 60.7 Å². The number of nitrogens with zero attached hydrogens (tertiary/aromatic N) is 1. The Bertz CT molecular complexity index is 1090. The Morgan fingerprint density at radius 3 is 2.54 bits per heavy atom. The summed E-state index contributed by atoms with van der Waals surface area (Å²) in [6.45, 7) is 2.60. The van der Waals surface area contributed by atoms with Crippen LogP contribution in [0.3, 0.4) is 0 Å². The van der Waals surface area contributed by atoms with Crippen molar-refractivity contribution >= 4 is 5.91 Å². The van der Waals surface area contributed by atoms with Crippen LogP contribution in [0.4, 0.5) is 13.2 Å². The molecule has 0 radical (unpaired) electrons. The van der Waals surface area contributed by atoms with Crippen molar-refractivity contribution in [3.8, 4) is 11.5 Å². The average Bonchev–Trinajstić information content (AvgIpc) is 3.52. The molecule has 1 aliphatic carbocycles. The Labute approximate surface area is 202 Å². The van der Waals surface area contributed by atoms with E-state index in [1.807, 2.05) is 0 Å². The predicted octanol–water partition coefficient (Wildman–Crippen LogP) is 3.26. The Balaban J connectivity index is 1.33. The minimum Gasteiger partial charge on any atom is -0.486 e. The van der Waals surface area contributed by atoms with Gasteiger partial charge < -0.3 is 24.8 Å². The highest BCUT2D eigenvalue weighted by atomic mass is 19.3. The van der Waals surface area contributed by atoms with E-state index in [1.165, 1.54) is 18.2 Å². The Hall–Kier alpha value is -2.78. The van der Waals surface area contributed by atoms with Crippen LogP contribution in [0.5, 0.6) is 11.5 Å². The van der Waals surface area contributed by atoms with E-state index >= 15 is 8.78 Å². The highest BCUT2D eigenvalue weighted by molar-refractivity contribution is 5.84. The standard InChI is InChI=1S/C26H29F3N2O4/c27-20-5-3-16-11-19(12-18(16)13-20)26(28,29)25(33)30-21(15-31-7-1-2-8-31)24(32)17-4-6-22-23(14-17)35-10-9-34-22/h3-6,13-14,19,21,24,32H,1-2,7-12,15H2,(H,30,33). The number of benzene rings is 2. The van der Waals surface area contributed by atoms with Crippen LogP contribution in [0.2, 0.25) is 0 Å². The smallest absolute Gasteiger partial charge is 0.327 e. The molecule has 1 fully saturated rings. The monoisotopic (exact) mass is 490 g/mol. The van der Waals surface area contributed by atoms with Crippen LogP contribution >= 0.6 is 0 Å². The van der Waals surface area contributed by atoms with Crippen molar-refractivity contribution in [2.45, 2.75) is 43.8 Å². The number of aliphatic hydroxyl groups excluding tert-OH is 1. The molecule has 6 nitrogen and oxygen atoms in total. The third kappa shape index (κ3) is 4.97. The summed E-state index contributed by atoms with van der Waals surface area (Å²) in [4.78, 5) is 15.0. The maximum absolute atomic E-state index is 15.3. The number of likely N-dealkylation sites (tertiary alicyclic amines) is 1. The molecule has 0 aromatic heterocycles. The number of fused-ring (bicyclic) bond motifs is 2. The zero-order valence-electron chi connectivity index (χ0n) is 19.3. The van der Waals surface area contributed by atoms with E-state index < -0.39 is 35.7 Å². The number of rotatable bonds is 7. The lowest BCUT2D eigenvalue weighted by Crippen LogP contribution is -2.54. The van der Waals surface area contributed by atoms with Gasteiger partial charge in [0.1, 0.15) is 25.1 Å². The van der Waals surface area contributed by atoms with E-state index in [1.54, 1.807) is 18.2 Å². The van der Waals surface area contributed by atoms with Gasteiger partial charge in [0.15, 0.2) is 11.5 Å². The summed E-state index contributed by atoms with van der Waals surface area (Å²) in [5, 5.41) is 13.6. The molecule has 5 rings (SSSR count). The fourth-order valence-corrected chi connectivity index (χ4v) is 5.24. The summed E-state index contributed by atoms with van der Waals surface area (Å²) in [5.74, 6) is -5.82. The number of alkyl halides is 2. The molecule has 3 aliphatic rings. The van der Waals surface area contributed by atoms with Gasteiger partial charge in [-0.3, -0.25) is 4.79 Å². The molecule has 0 spiro atoms. The summed E-state index contributed by atoms with van der Waals surface area (Å²) in [6.07, 6.45) is 0.662. The molecule has 1 amide bonds. The van der Waals surface area contributed by atoms with Crippen molar-refractivity contribution in [2.24, 2.45) is 5.92 Å². The molecule has 3 unspecified atom stereocenters. The van der Waals surface area contributed by atoms with Crippen molar-refractivity contribution in [2.75, 3.05) is 32.8 Å². The maximum Gasteiger partial charge on any atom is 0.327 e. The zero-order chi connectivity index (χ0) is 24.6. The minimum atomic E-state index is -3.68. The molecule has 0 saturated carbocycles. The lowest BCUT2D eigenvalue weighted by atomic mass is 9.95. The first kappa shape index (κ1) is 23.9. The van der Waals surface area contributed by atoms with Crippen molar-refractivity contribution in [3.63, 3.8) is 0 Å². The van der Waals surface area contributed by atoms with Gasteiger partial charge in [-0.05, 0) is 79.7 Å². The number of aliphatic hydroxyl groups is 1. The van der Waals surface area contributed by atoms with Crippen molar-refractivity contribution in [1.29, 1.82) is 0 Å². The number of ether oxygens (including phenoxy) is 2. The van der Waals surface area contributed by atoms with Gasteiger partial charge in [-0.2, -0.15) is 8.78 Å². The highest BCUT2D eigenvalue weighted by Gasteiger charge is 2.50. The Kier molecular flexibility index (Phi) is 6.63. The molecule has 2 aromatic rings. The van der Waals surface area contributed by atoms with Gasteiger partial charge >= 0.3 is 5.92 Å². The summed E-state index contributed by atoms with van der Waals surface area (Å²) >= 11 is 0. The van der Waals surface area contributed by atoms with Gasteiger partial charge in [0.05, 0.1) is 6.04 Å². The van der Waals surface area contributed by atoms with E-state index in [-0.39, 0.29) is 19.4 Å². The third-order valence-electron chi connectivity index (χ3n) is 7.18. The highest BCUT2D eigenvalue weighted by Crippen LogP contribution is 2.38. The van der Waals surface area contributed by atoms with E-state index in [4.69, 9.17) is 9.47 Å². The molecule has 2 heterocycles. The maximum atomic E-state index is 15.3. The SMILES string of the molecule is O=C(NC(CN1CCCC1)C(O)c1ccc2c(c1)OCCO2)C(F)(F)C1Cc2ccc(F)cc2C1. The number of hydrogen-bond donors (Lipinski definition) is 2. The molecule has 1 saturated heterocycles. The van der Waals surface area contributed by atoms with Crippen LogP contribution in [-0.2, 0) is 17.6 Å². The Morgan fingerprint density at radius 1 is 1.06 bits per heavy atom. The number of carbonyl (C=O) groups excluding carboxylic acids is 1. The first-order valence-corrected chi connectivity index (χ1v) is 12.1. The van der Waals surface area contributed by atoms with Crippen LogP contribution in [0, 0.1) is 11.7 Å². The van der Waals surface area contributed by atoms with Crippen LogP contribution in [0.25, 0.3) is 0 Å². The lowest BCUT2D eigenvalue weighted by Gasteiger charge is -2.31. The summed E-state index contributed by atoms with van der Waals surface area (Å²) in [7, 11) is 0. The van der Waals surface area contributed by atoms with Gasteiger partial charge in [0.25, 0.3) is 5.91 Å². The third-order valence-corrected chi connectivity index (χ3v) is 7.18. The molecular weight excluding hydrogens is 461 g/mol. The normalized spacial score (nSPS) is 21.4. The fraction of sp³-hybridized carbons (Fsp3) is 0.500. The average molecular weight is 491 g/mol. The molecular formula is C26H29F3N2O4. The summed E-state index contributed by atoms with van der Waals surface area (Å²) < 4.78 is 55.3. The quantitative estimate of drug-likeness (QED) is 0.624. The van der Waals surface area contributed by atoms with Crippen molar-refractivity contribution in [1.82, 2.24) is 10.2 Å². The first-order valence-electron chi connectivity index (χ1n) is 12.1. The fourth-order valence-electron chi connectivity index (χ4n) is 5.24. The number of halogens is 3. The van der Waals surface area contributed by atoms with Crippen molar-refractivity contribution < 1.29 is 32.5 Å². The van der Waals surface area contributed by atoms with E-state index in [2.05, 4.69) is 10.2 Å². The van der Waals surface area contributed by atoms with Crippen LogP contribution in [0.15, 0.2) is 36.4 Å². The van der Waals surface area contributed by atoms with Crippen LogP contribution < -0.4 is 14.8 Å². The zero-order valence-corrected chi connectivity index (χ0v) is 19.3. The second-order valence-electron chi connectivity index (χ2n) is 9.58. The summed E-state index contributed by atoms with van der Waals surface area (Å²) in [5.41, 5.74) is 1.59. The van der Waals surface area contributed by atoms with Gasteiger partial charge in [-0.1, -0.05) is 12.1 Å². The molecule has 35 heavy (non-hydrogen) atoms. The predicted molar refractivity (Wildman–Crippen MR) is 122 cm³/mol. The van der Waals surface area contributed by atoms with Gasteiger partial charge in [0.2, 0.25) is 0 Å². The largest absolute Gasteiger partial charge is 0.486 e. The topological polar surface area (TPSA) is 71.0 Å². The summed E-state index contributed by atoms with van der Waals surface area (Å²) in [6, 6.07) is 8.01. The number of hydrogen-bond acceptors (Lipinski definition) is 5. The van der Waals surface area contributed by atoms with E-state index in [0.717, 1.165) is 25.9 Å². The van der Waals surface area contributed by atoms with Gasteiger partial charge in [-0.25, -0.2) is 4.39 Å². The van der Waals surface area contributed by atoms with Crippen LogP contribution in [0.1, 0.15) is 35.6 Å². The molecule has 188 valence electrons. The molecule has 2 aliphatic heterocycles. The van der Waals surface area contributed by atoms with Gasteiger partial charge in [0, 0.05) is 12.5 Å². The number of nitrogens with one attached hydrogen (secondary N) is 1. The lowest BCUT2D eigenvalue weighted by molar-refractivity contribution is -0.155.